The maximum Gasteiger partial charge on any atom is 0.336 e. The molecule has 0 radical (unpaired) electrons. The standard InChI is InChI=1S/C24H22O12/c25-13-5-1-11(9-14(13)26)2-7-17(27)33-10-16-19(29)21(31)22(32)24(35-16)34-15-6-3-12-4-8-18(28)36-23(12)20(15)30/h1-9,16,19,21-22,24-26,29-32H,10H2/b7-2+/t16-,19+,21+,22+,24+/m0/s1. The third kappa shape index (κ3) is 5.26. The van der Waals surface area contributed by atoms with Crippen molar-refractivity contribution < 1.29 is 54.1 Å². The monoisotopic (exact) mass is 502 g/mol. The zero-order valence-electron chi connectivity index (χ0n) is 18.4. The molecule has 36 heavy (non-hydrogen) atoms. The van der Waals surface area contributed by atoms with Gasteiger partial charge in [-0.25, -0.2) is 9.59 Å². The summed E-state index contributed by atoms with van der Waals surface area (Å²) < 4.78 is 21.0. The van der Waals surface area contributed by atoms with Gasteiger partial charge in [-0.2, -0.15) is 0 Å². The minimum atomic E-state index is -1.75. The van der Waals surface area contributed by atoms with E-state index in [1.807, 2.05) is 0 Å². The van der Waals surface area contributed by atoms with Crippen molar-refractivity contribution in [3.63, 3.8) is 0 Å². The molecule has 0 saturated carbocycles. The van der Waals surface area contributed by atoms with Crippen LogP contribution >= 0.6 is 0 Å². The molecule has 1 aliphatic rings. The van der Waals surface area contributed by atoms with E-state index in [4.69, 9.17) is 18.6 Å². The first-order valence-electron chi connectivity index (χ1n) is 10.6. The van der Waals surface area contributed by atoms with Crippen LogP contribution in [0.3, 0.4) is 0 Å². The molecule has 4 rings (SSSR count). The number of fused-ring (bicyclic) bond motifs is 1. The van der Waals surface area contributed by atoms with Crippen molar-refractivity contribution in [2.75, 3.05) is 6.61 Å². The highest BCUT2D eigenvalue weighted by molar-refractivity contribution is 5.87. The number of phenols is 3. The van der Waals surface area contributed by atoms with Gasteiger partial charge in [0.25, 0.3) is 0 Å². The van der Waals surface area contributed by atoms with Crippen LogP contribution in [0.2, 0.25) is 0 Å². The second kappa shape index (κ2) is 10.3. The zero-order chi connectivity index (χ0) is 26.0. The summed E-state index contributed by atoms with van der Waals surface area (Å²) in [6.07, 6.45) is -5.71. The van der Waals surface area contributed by atoms with Gasteiger partial charge in [0, 0.05) is 17.5 Å². The second-order valence-corrected chi connectivity index (χ2v) is 7.93. The van der Waals surface area contributed by atoms with Gasteiger partial charge in [-0.3, -0.25) is 0 Å². The summed E-state index contributed by atoms with van der Waals surface area (Å²) in [6, 6.07) is 9.31. The Bertz CT molecular complexity index is 1350. The average Bonchev–Trinajstić information content (AvgIpc) is 2.86. The van der Waals surface area contributed by atoms with Crippen LogP contribution in [0.1, 0.15) is 5.56 Å². The van der Waals surface area contributed by atoms with Crippen molar-refractivity contribution in [1.29, 1.82) is 0 Å². The molecular formula is C24H22O12. The number of aromatic hydroxyl groups is 3. The molecular weight excluding hydrogens is 480 g/mol. The van der Waals surface area contributed by atoms with Gasteiger partial charge in [0.15, 0.2) is 22.8 Å². The average molecular weight is 502 g/mol. The minimum Gasteiger partial charge on any atom is -0.504 e. The number of phenolic OH excluding ortho intramolecular Hbond substituents is 3. The van der Waals surface area contributed by atoms with E-state index in [9.17, 15) is 40.2 Å². The van der Waals surface area contributed by atoms with Crippen LogP contribution in [-0.4, -0.2) is 73.9 Å². The highest BCUT2D eigenvalue weighted by atomic mass is 16.7. The number of carbonyl (C=O) groups excluding carboxylic acids is 1. The Balaban J connectivity index is 1.43. The maximum atomic E-state index is 12.1. The van der Waals surface area contributed by atoms with E-state index in [2.05, 4.69) is 0 Å². The van der Waals surface area contributed by atoms with Crippen molar-refractivity contribution >= 4 is 23.0 Å². The molecule has 3 aromatic rings. The molecule has 1 saturated heterocycles. The van der Waals surface area contributed by atoms with Crippen molar-refractivity contribution in [3.8, 4) is 23.0 Å². The van der Waals surface area contributed by atoms with Gasteiger partial charge >= 0.3 is 11.6 Å². The third-order valence-electron chi connectivity index (χ3n) is 5.44. The van der Waals surface area contributed by atoms with E-state index in [1.165, 1.54) is 48.5 Å². The number of hydrogen-bond acceptors (Lipinski definition) is 12. The van der Waals surface area contributed by atoms with Crippen LogP contribution in [0, 0.1) is 0 Å². The first-order valence-corrected chi connectivity index (χ1v) is 10.6. The molecule has 2 aromatic carbocycles. The van der Waals surface area contributed by atoms with Gasteiger partial charge in [-0.1, -0.05) is 6.07 Å². The lowest BCUT2D eigenvalue weighted by Crippen LogP contribution is -2.60. The number of carbonyl (C=O) groups is 1. The van der Waals surface area contributed by atoms with Crippen LogP contribution in [0.25, 0.3) is 17.0 Å². The van der Waals surface area contributed by atoms with Crippen molar-refractivity contribution in [3.05, 3.63) is 64.5 Å². The van der Waals surface area contributed by atoms with Gasteiger partial charge < -0.3 is 49.3 Å². The molecule has 5 atom stereocenters. The predicted octanol–water partition coefficient (Wildman–Crippen LogP) is 0.353. The fourth-order valence-electron chi connectivity index (χ4n) is 3.49. The fraction of sp³-hybridized carbons (Fsp3) is 0.250. The summed E-state index contributed by atoms with van der Waals surface area (Å²) in [5.74, 6) is -2.33. The Hall–Kier alpha value is -4.10. The Labute approximate surface area is 202 Å². The van der Waals surface area contributed by atoms with Crippen LogP contribution < -0.4 is 10.4 Å². The lowest BCUT2D eigenvalue weighted by atomic mass is 9.99. The second-order valence-electron chi connectivity index (χ2n) is 7.93. The number of rotatable bonds is 6. The van der Waals surface area contributed by atoms with Gasteiger partial charge in [0.05, 0.1) is 0 Å². The maximum absolute atomic E-state index is 12.1. The third-order valence-corrected chi connectivity index (χ3v) is 5.44. The van der Waals surface area contributed by atoms with Crippen LogP contribution in [0.5, 0.6) is 23.0 Å². The minimum absolute atomic E-state index is 0.162. The number of aliphatic hydroxyl groups is 3. The molecule has 190 valence electrons. The van der Waals surface area contributed by atoms with Gasteiger partial charge in [-0.05, 0) is 42.0 Å². The molecule has 0 bridgehead atoms. The molecule has 0 spiro atoms. The van der Waals surface area contributed by atoms with E-state index >= 15 is 0 Å². The molecule has 12 nitrogen and oxygen atoms in total. The summed E-state index contributed by atoms with van der Waals surface area (Å²) in [5.41, 5.74) is -0.472. The molecule has 0 aliphatic carbocycles. The van der Waals surface area contributed by atoms with Crippen molar-refractivity contribution in [2.24, 2.45) is 0 Å². The molecule has 1 aliphatic heterocycles. The first-order chi connectivity index (χ1) is 17.1. The number of esters is 1. The highest BCUT2D eigenvalue weighted by Gasteiger charge is 2.45. The Morgan fingerprint density at radius 3 is 2.44 bits per heavy atom. The summed E-state index contributed by atoms with van der Waals surface area (Å²) in [7, 11) is 0. The summed E-state index contributed by atoms with van der Waals surface area (Å²) in [5, 5.41) is 60.4. The largest absolute Gasteiger partial charge is 0.504 e. The van der Waals surface area contributed by atoms with Gasteiger partial charge in [-0.15, -0.1) is 0 Å². The van der Waals surface area contributed by atoms with Crippen LogP contribution in [-0.2, 0) is 14.3 Å². The summed E-state index contributed by atoms with van der Waals surface area (Å²) in [6.45, 7) is -0.534. The molecule has 1 fully saturated rings. The molecule has 6 N–H and O–H groups in total. The zero-order valence-corrected chi connectivity index (χ0v) is 18.4. The lowest BCUT2D eigenvalue weighted by Gasteiger charge is -2.39. The quantitative estimate of drug-likeness (QED) is 0.117. The van der Waals surface area contributed by atoms with Gasteiger partial charge in [0.2, 0.25) is 12.0 Å². The molecule has 12 heteroatoms. The highest BCUT2D eigenvalue weighted by Crippen LogP contribution is 2.36. The number of benzene rings is 2. The molecule has 2 heterocycles. The van der Waals surface area contributed by atoms with Crippen LogP contribution in [0.15, 0.2) is 57.8 Å². The SMILES string of the molecule is O=C(/C=C/c1ccc(O)c(O)c1)OC[C@@H]1O[C@@H](Oc2ccc3ccc(=O)oc3c2O)[C@H](O)[C@H](O)[C@@H]1O. The van der Waals surface area contributed by atoms with Crippen LogP contribution in [0.4, 0.5) is 0 Å². The van der Waals surface area contributed by atoms with Crippen molar-refractivity contribution in [1.82, 2.24) is 0 Å². The number of aliphatic hydroxyl groups excluding tert-OH is 3. The van der Waals surface area contributed by atoms with E-state index in [0.717, 1.165) is 6.08 Å². The van der Waals surface area contributed by atoms with Crippen molar-refractivity contribution in [2.45, 2.75) is 30.7 Å². The lowest BCUT2D eigenvalue weighted by molar-refractivity contribution is -0.278. The molecule has 1 aromatic heterocycles. The Morgan fingerprint density at radius 1 is 0.944 bits per heavy atom. The Kier molecular flexibility index (Phi) is 7.12. The molecule has 0 amide bonds. The fourth-order valence-corrected chi connectivity index (χ4v) is 3.49. The van der Waals surface area contributed by atoms with E-state index in [1.54, 1.807) is 0 Å². The summed E-state index contributed by atoms with van der Waals surface area (Å²) in [4.78, 5) is 23.5. The number of ether oxygens (including phenoxy) is 3. The molecule has 0 unspecified atom stereocenters. The summed E-state index contributed by atoms with van der Waals surface area (Å²) >= 11 is 0. The normalized spacial score (nSPS) is 24.1. The smallest absolute Gasteiger partial charge is 0.336 e. The van der Waals surface area contributed by atoms with E-state index in [0.29, 0.717) is 10.9 Å². The topological polar surface area (TPSA) is 196 Å². The van der Waals surface area contributed by atoms with E-state index in [-0.39, 0.29) is 22.8 Å². The van der Waals surface area contributed by atoms with E-state index < -0.39 is 54.7 Å². The number of hydrogen-bond donors (Lipinski definition) is 6. The Morgan fingerprint density at radius 2 is 1.69 bits per heavy atom. The first kappa shape index (κ1) is 25.0. The van der Waals surface area contributed by atoms with Gasteiger partial charge in [0.1, 0.15) is 31.0 Å². The predicted molar refractivity (Wildman–Crippen MR) is 121 cm³/mol.